The van der Waals surface area contributed by atoms with E-state index in [2.05, 4.69) is 23.9 Å². The largest absolute Gasteiger partial charge is 0.352 e. The van der Waals surface area contributed by atoms with Gasteiger partial charge in [0.05, 0.1) is 4.90 Å². The van der Waals surface area contributed by atoms with Gasteiger partial charge in [-0.3, -0.25) is 4.79 Å². The number of benzene rings is 3. The van der Waals surface area contributed by atoms with Gasteiger partial charge in [-0.05, 0) is 53.3 Å². The first-order chi connectivity index (χ1) is 14.8. The van der Waals surface area contributed by atoms with Crippen LogP contribution < -0.4 is 10.0 Å². The van der Waals surface area contributed by atoms with Crippen molar-refractivity contribution in [3.05, 3.63) is 90.0 Å². The van der Waals surface area contributed by atoms with Crippen molar-refractivity contribution < 1.29 is 13.2 Å². The van der Waals surface area contributed by atoms with Crippen molar-refractivity contribution in [2.75, 3.05) is 6.54 Å². The van der Waals surface area contributed by atoms with Crippen molar-refractivity contribution in [2.24, 2.45) is 5.92 Å². The molecule has 0 fully saturated rings. The van der Waals surface area contributed by atoms with Crippen molar-refractivity contribution in [2.45, 2.75) is 31.7 Å². The molecule has 6 heteroatoms. The fourth-order valence-corrected chi connectivity index (χ4v) is 4.12. The molecule has 0 saturated carbocycles. The maximum absolute atomic E-state index is 12.6. The molecule has 1 amide bonds. The highest BCUT2D eigenvalue weighted by Crippen LogP contribution is 2.22. The third-order valence-electron chi connectivity index (χ3n) is 4.94. The summed E-state index contributed by atoms with van der Waals surface area (Å²) < 4.78 is 27.8. The monoisotopic (exact) mass is 436 g/mol. The van der Waals surface area contributed by atoms with Crippen molar-refractivity contribution in [3.63, 3.8) is 0 Å². The van der Waals surface area contributed by atoms with E-state index in [4.69, 9.17) is 0 Å². The van der Waals surface area contributed by atoms with Gasteiger partial charge in [-0.25, -0.2) is 13.1 Å². The summed E-state index contributed by atoms with van der Waals surface area (Å²) in [5.74, 6) is 0.426. The van der Waals surface area contributed by atoms with Crippen LogP contribution in [0.15, 0.2) is 83.8 Å². The summed E-state index contributed by atoms with van der Waals surface area (Å²) in [5, 5.41) is 2.94. The highest BCUT2D eigenvalue weighted by atomic mass is 32.2. The molecule has 3 aromatic rings. The normalized spacial score (nSPS) is 11.5. The minimum Gasteiger partial charge on any atom is -0.352 e. The molecule has 31 heavy (non-hydrogen) atoms. The SMILES string of the molecule is CC(C)CCNC(=O)c1cccc(-c2ccc(S(=O)(=O)NCc3ccccc3)cc2)c1. The van der Waals surface area contributed by atoms with Crippen molar-refractivity contribution in [1.82, 2.24) is 10.0 Å². The molecule has 0 radical (unpaired) electrons. The van der Waals surface area contributed by atoms with Crippen molar-refractivity contribution in [3.8, 4) is 11.1 Å². The summed E-state index contributed by atoms with van der Waals surface area (Å²) in [6.07, 6.45) is 0.930. The van der Waals surface area contributed by atoms with E-state index in [1.54, 1.807) is 30.3 Å². The van der Waals surface area contributed by atoms with Crippen LogP contribution in [0.5, 0.6) is 0 Å². The molecule has 0 aliphatic carbocycles. The molecule has 0 unspecified atom stereocenters. The summed E-state index contributed by atoms with van der Waals surface area (Å²) in [6, 6.07) is 23.4. The zero-order valence-electron chi connectivity index (χ0n) is 17.8. The van der Waals surface area contributed by atoms with Gasteiger partial charge in [-0.2, -0.15) is 0 Å². The number of hydrogen-bond acceptors (Lipinski definition) is 3. The van der Waals surface area contributed by atoms with E-state index in [-0.39, 0.29) is 17.3 Å². The van der Waals surface area contributed by atoms with Gasteiger partial charge < -0.3 is 5.32 Å². The summed E-state index contributed by atoms with van der Waals surface area (Å²) in [5.41, 5.74) is 3.19. The summed E-state index contributed by atoms with van der Waals surface area (Å²) >= 11 is 0. The maximum Gasteiger partial charge on any atom is 0.251 e. The molecular formula is C25H28N2O3S. The van der Waals surface area contributed by atoms with E-state index in [1.807, 2.05) is 48.5 Å². The molecule has 2 N–H and O–H groups in total. The number of carbonyl (C=O) groups excluding carboxylic acids is 1. The van der Waals surface area contributed by atoms with Crippen LogP contribution in [0, 0.1) is 5.92 Å². The van der Waals surface area contributed by atoms with Crippen LogP contribution in [0.25, 0.3) is 11.1 Å². The molecule has 0 aliphatic rings. The lowest BCUT2D eigenvalue weighted by Gasteiger charge is -2.10. The number of carbonyl (C=O) groups is 1. The first-order valence-corrected chi connectivity index (χ1v) is 11.9. The second-order valence-corrected chi connectivity index (χ2v) is 9.62. The average molecular weight is 437 g/mol. The highest BCUT2D eigenvalue weighted by Gasteiger charge is 2.14. The molecule has 3 aromatic carbocycles. The number of sulfonamides is 1. The molecule has 5 nitrogen and oxygen atoms in total. The summed E-state index contributed by atoms with van der Waals surface area (Å²) in [4.78, 5) is 12.6. The Bertz CT molecular complexity index is 1110. The van der Waals surface area contributed by atoms with E-state index in [9.17, 15) is 13.2 Å². The van der Waals surface area contributed by atoms with E-state index in [0.29, 0.717) is 18.0 Å². The minimum absolute atomic E-state index is 0.105. The van der Waals surface area contributed by atoms with Gasteiger partial charge in [-0.1, -0.05) is 68.4 Å². The van der Waals surface area contributed by atoms with Gasteiger partial charge in [-0.15, -0.1) is 0 Å². The molecule has 0 spiro atoms. The Morgan fingerprint density at radius 1 is 0.871 bits per heavy atom. The molecular weight excluding hydrogens is 408 g/mol. The maximum atomic E-state index is 12.6. The van der Waals surface area contributed by atoms with E-state index in [1.165, 1.54) is 0 Å². The first-order valence-electron chi connectivity index (χ1n) is 10.4. The van der Waals surface area contributed by atoms with Crippen LogP contribution in [0.3, 0.4) is 0 Å². The number of hydrogen-bond donors (Lipinski definition) is 2. The van der Waals surface area contributed by atoms with E-state index in [0.717, 1.165) is 23.1 Å². The Balaban J connectivity index is 1.69. The summed E-state index contributed by atoms with van der Waals surface area (Å²) in [6.45, 7) is 5.11. The van der Waals surface area contributed by atoms with Crippen LogP contribution in [0.4, 0.5) is 0 Å². The Kier molecular flexibility index (Phi) is 7.60. The van der Waals surface area contributed by atoms with Crippen molar-refractivity contribution in [1.29, 1.82) is 0 Å². The Labute approximate surface area is 184 Å². The fourth-order valence-electron chi connectivity index (χ4n) is 3.10. The average Bonchev–Trinajstić information content (AvgIpc) is 2.78. The molecule has 0 heterocycles. The molecule has 0 aromatic heterocycles. The Morgan fingerprint density at radius 3 is 2.26 bits per heavy atom. The van der Waals surface area contributed by atoms with Crippen LogP contribution in [-0.2, 0) is 16.6 Å². The Hall–Kier alpha value is -2.96. The topological polar surface area (TPSA) is 75.3 Å². The smallest absolute Gasteiger partial charge is 0.251 e. The van der Waals surface area contributed by atoms with Crippen LogP contribution in [-0.4, -0.2) is 20.9 Å². The molecule has 3 rings (SSSR count). The molecule has 0 saturated heterocycles. The van der Waals surface area contributed by atoms with Gasteiger partial charge in [0.25, 0.3) is 5.91 Å². The standard InChI is InChI=1S/C25H28N2O3S/c1-19(2)15-16-26-25(28)23-10-6-9-22(17-23)21-11-13-24(14-12-21)31(29,30)27-18-20-7-4-3-5-8-20/h3-14,17,19,27H,15-16,18H2,1-2H3,(H,26,28). The molecule has 0 aliphatic heterocycles. The second-order valence-electron chi connectivity index (χ2n) is 7.85. The first kappa shape index (κ1) is 22.7. The number of rotatable bonds is 9. The van der Waals surface area contributed by atoms with E-state index >= 15 is 0 Å². The van der Waals surface area contributed by atoms with Gasteiger partial charge in [0.15, 0.2) is 0 Å². The zero-order chi connectivity index (χ0) is 22.3. The van der Waals surface area contributed by atoms with Crippen LogP contribution in [0.1, 0.15) is 36.2 Å². The number of amides is 1. The second kappa shape index (κ2) is 10.4. The zero-order valence-corrected chi connectivity index (χ0v) is 18.7. The summed E-state index contributed by atoms with van der Waals surface area (Å²) in [7, 11) is -3.61. The van der Waals surface area contributed by atoms with Crippen molar-refractivity contribution >= 4 is 15.9 Å². The quantitative estimate of drug-likeness (QED) is 0.514. The third-order valence-corrected chi connectivity index (χ3v) is 6.36. The van der Waals surface area contributed by atoms with Crippen LogP contribution >= 0.6 is 0 Å². The lowest BCUT2D eigenvalue weighted by Crippen LogP contribution is -2.25. The van der Waals surface area contributed by atoms with Gasteiger partial charge in [0, 0.05) is 18.7 Å². The van der Waals surface area contributed by atoms with E-state index < -0.39 is 10.0 Å². The third kappa shape index (κ3) is 6.51. The fraction of sp³-hybridized carbons (Fsp3) is 0.240. The lowest BCUT2D eigenvalue weighted by atomic mass is 10.0. The molecule has 0 atom stereocenters. The Morgan fingerprint density at radius 2 is 1.58 bits per heavy atom. The van der Waals surface area contributed by atoms with Gasteiger partial charge >= 0.3 is 0 Å². The van der Waals surface area contributed by atoms with Gasteiger partial charge in [0.1, 0.15) is 0 Å². The predicted octanol–water partition coefficient (Wildman–Crippen LogP) is 4.61. The molecule has 162 valence electrons. The van der Waals surface area contributed by atoms with Gasteiger partial charge in [0.2, 0.25) is 10.0 Å². The minimum atomic E-state index is -3.61. The molecule has 0 bridgehead atoms. The predicted molar refractivity (Wildman–Crippen MR) is 124 cm³/mol. The lowest BCUT2D eigenvalue weighted by molar-refractivity contribution is 0.0952. The van der Waals surface area contributed by atoms with Crippen LogP contribution in [0.2, 0.25) is 0 Å². The highest BCUT2D eigenvalue weighted by molar-refractivity contribution is 7.89. The number of nitrogens with one attached hydrogen (secondary N) is 2.